The molecule has 2 amide bonds. The van der Waals surface area contributed by atoms with Crippen molar-refractivity contribution < 1.29 is 14.0 Å². The Hall–Kier alpha value is -1.30. The average molecular weight is 317 g/mol. The Kier molecular flexibility index (Phi) is 4.95. The molecule has 100 valence electrons. The summed E-state index contributed by atoms with van der Waals surface area (Å²) >= 11 is 3.12. The molecule has 1 aromatic heterocycles. The second kappa shape index (κ2) is 6.04. The van der Waals surface area contributed by atoms with Crippen LogP contribution in [0, 0.1) is 5.41 Å². The maximum absolute atomic E-state index is 11.6. The minimum atomic E-state index is -0.421. The van der Waals surface area contributed by atoms with Crippen LogP contribution in [-0.2, 0) is 4.79 Å². The number of halogens is 1. The van der Waals surface area contributed by atoms with Gasteiger partial charge in [0.25, 0.3) is 5.91 Å². The Balaban J connectivity index is 2.27. The molecule has 5 nitrogen and oxygen atoms in total. The number of hydrogen-bond acceptors (Lipinski definition) is 3. The summed E-state index contributed by atoms with van der Waals surface area (Å²) in [6, 6.07) is 3.23. The molecule has 6 heteroatoms. The summed E-state index contributed by atoms with van der Waals surface area (Å²) in [5, 5.41) is 5.39. The lowest BCUT2D eigenvalue weighted by Crippen LogP contribution is -2.39. The van der Waals surface area contributed by atoms with Crippen LogP contribution in [0.1, 0.15) is 31.3 Å². The topological polar surface area (TPSA) is 71.3 Å². The largest absolute Gasteiger partial charge is 0.444 e. The highest BCUT2D eigenvalue weighted by Gasteiger charge is 2.20. The summed E-state index contributed by atoms with van der Waals surface area (Å²) in [7, 11) is 0. The van der Waals surface area contributed by atoms with E-state index in [2.05, 4.69) is 26.6 Å². The molecule has 2 N–H and O–H groups in total. The van der Waals surface area contributed by atoms with Gasteiger partial charge < -0.3 is 15.1 Å². The SMILES string of the molecule is CC(C)(C)C(=O)NCCNC(=O)c1ccc(Br)o1. The lowest BCUT2D eigenvalue weighted by molar-refractivity contribution is -0.128. The molecule has 0 fully saturated rings. The number of furan rings is 1. The Labute approximate surface area is 114 Å². The summed E-state index contributed by atoms with van der Waals surface area (Å²) in [6.45, 7) is 6.26. The van der Waals surface area contributed by atoms with Gasteiger partial charge in [-0.1, -0.05) is 20.8 Å². The van der Waals surface area contributed by atoms with Crippen molar-refractivity contribution in [2.24, 2.45) is 5.41 Å². The van der Waals surface area contributed by atoms with Crippen molar-refractivity contribution in [3.05, 3.63) is 22.6 Å². The predicted octanol–water partition coefficient (Wildman–Crippen LogP) is 1.93. The fourth-order valence-electron chi connectivity index (χ4n) is 1.14. The smallest absolute Gasteiger partial charge is 0.287 e. The molecule has 0 spiro atoms. The van der Waals surface area contributed by atoms with Gasteiger partial charge in [-0.05, 0) is 28.1 Å². The van der Waals surface area contributed by atoms with Crippen molar-refractivity contribution in [3.63, 3.8) is 0 Å². The minimum absolute atomic E-state index is 0.0440. The molecule has 1 rings (SSSR count). The van der Waals surface area contributed by atoms with E-state index in [1.165, 1.54) is 0 Å². The van der Waals surface area contributed by atoms with E-state index in [0.29, 0.717) is 17.8 Å². The number of carbonyl (C=O) groups is 2. The molecule has 0 bridgehead atoms. The number of rotatable bonds is 4. The zero-order valence-electron chi connectivity index (χ0n) is 10.7. The maximum atomic E-state index is 11.6. The van der Waals surface area contributed by atoms with Crippen LogP contribution in [0.15, 0.2) is 21.2 Å². The second-order valence-corrected chi connectivity index (χ2v) is 5.65. The van der Waals surface area contributed by atoms with E-state index in [1.54, 1.807) is 12.1 Å². The lowest BCUT2D eigenvalue weighted by Gasteiger charge is -2.17. The summed E-state index contributed by atoms with van der Waals surface area (Å²) in [4.78, 5) is 23.1. The Bertz CT molecular complexity index is 435. The van der Waals surface area contributed by atoms with E-state index in [-0.39, 0.29) is 17.6 Å². The maximum Gasteiger partial charge on any atom is 0.287 e. The van der Waals surface area contributed by atoms with Gasteiger partial charge in [0.15, 0.2) is 10.4 Å². The van der Waals surface area contributed by atoms with Gasteiger partial charge >= 0.3 is 0 Å². The van der Waals surface area contributed by atoms with Crippen LogP contribution in [0.2, 0.25) is 0 Å². The normalized spacial score (nSPS) is 11.1. The monoisotopic (exact) mass is 316 g/mol. The van der Waals surface area contributed by atoms with Gasteiger partial charge in [0.1, 0.15) is 0 Å². The van der Waals surface area contributed by atoms with Gasteiger partial charge in [0.2, 0.25) is 5.91 Å². The van der Waals surface area contributed by atoms with Crippen LogP contribution in [0.3, 0.4) is 0 Å². The van der Waals surface area contributed by atoms with Crippen molar-refractivity contribution in [2.75, 3.05) is 13.1 Å². The molecule has 0 saturated carbocycles. The summed E-state index contributed by atoms with van der Waals surface area (Å²) in [6.07, 6.45) is 0. The standard InChI is InChI=1S/C12H17BrN2O3/c1-12(2,3)11(17)15-7-6-14-10(16)8-4-5-9(13)18-8/h4-5H,6-7H2,1-3H3,(H,14,16)(H,15,17). The van der Waals surface area contributed by atoms with Gasteiger partial charge in [-0.3, -0.25) is 9.59 Å². The van der Waals surface area contributed by atoms with Crippen molar-refractivity contribution in [1.82, 2.24) is 10.6 Å². The molecular formula is C12H17BrN2O3. The molecule has 1 heterocycles. The average Bonchev–Trinajstić information content (AvgIpc) is 2.69. The van der Waals surface area contributed by atoms with Gasteiger partial charge in [0, 0.05) is 18.5 Å². The zero-order valence-corrected chi connectivity index (χ0v) is 12.3. The van der Waals surface area contributed by atoms with Gasteiger partial charge in [-0.2, -0.15) is 0 Å². The molecule has 0 aromatic carbocycles. The summed E-state index contributed by atoms with van der Waals surface area (Å²) in [5.74, 6) is -0.104. The predicted molar refractivity (Wildman–Crippen MR) is 71.2 cm³/mol. The first kappa shape index (κ1) is 14.8. The van der Waals surface area contributed by atoms with E-state index < -0.39 is 5.41 Å². The van der Waals surface area contributed by atoms with Crippen molar-refractivity contribution in [1.29, 1.82) is 0 Å². The lowest BCUT2D eigenvalue weighted by atomic mass is 9.96. The van der Waals surface area contributed by atoms with Gasteiger partial charge in [-0.15, -0.1) is 0 Å². The third-order valence-electron chi connectivity index (χ3n) is 2.17. The first-order valence-electron chi connectivity index (χ1n) is 5.62. The summed E-state index contributed by atoms with van der Waals surface area (Å²) in [5.41, 5.74) is -0.421. The molecule has 1 aromatic rings. The third-order valence-corrected chi connectivity index (χ3v) is 2.60. The molecule has 0 saturated heterocycles. The van der Waals surface area contributed by atoms with Gasteiger partial charge in [0.05, 0.1) is 0 Å². The van der Waals surface area contributed by atoms with Crippen molar-refractivity contribution in [3.8, 4) is 0 Å². The van der Waals surface area contributed by atoms with Crippen LogP contribution in [-0.4, -0.2) is 24.9 Å². The fourth-order valence-corrected chi connectivity index (χ4v) is 1.45. The van der Waals surface area contributed by atoms with E-state index in [4.69, 9.17) is 4.42 Å². The highest BCUT2D eigenvalue weighted by atomic mass is 79.9. The minimum Gasteiger partial charge on any atom is -0.444 e. The summed E-state index contributed by atoms with van der Waals surface area (Å²) < 4.78 is 5.60. The van der Waals surface area contributed by atoms with Crippen LogP contribution in [0.5, 0.6) is 0 Å². The molecule has 0 atom stereocenters. The van der Waals surface area contributed by atoms with Crippen molar-refractivity contribution >= 4 is 27.7 Å². The van der Waals surface area contributed by atoms with Gasteiger partial charge in [-0.25, -0.2) is 0 Å². The number of carbonyl (C=O) groups excluding carboxylic acids is 2. The molecule has 0 aliphatic carbocycles. The molecular weight excluding hydrogens is 300 g/mol. The first-order valence-corrected chi connectivity index (χ1v) is 6.42. The van der Waals surface area contributed by atoms with Crippen LogP contribution >= 0.6 is 15.9 Å². The first-order chi connectivity index (χ1) is 8.30. The van der Waals surface area contributed by atoms with Crippen LogP contribution in [0.25, 0.3) is 0 Å². The second-order valence-electron chi connectivity index (χ2n) is 4.87. The third kappa shape index (κ3) is 4.52. The number of hydrogen-bond donors (Lipinski definition) is 2. The van der Waals surface area contributed by atoms with E-state index in [0.717, 1.165) is 0 Å². The van der Waals surface area contributed by atoms with E-state index in [1.807, 2.05) is 20.8 Å². The molecule has 18 heavy (non-hydrogen) atoms. The highest BCUT2D eigenvalue weighted by molar-refractivity contribution is 9.10. The highest BCUT2D eigenvalue weighted by Crippen LogP contribution is 2.13. The Morgan fingerprint density at radius 2 is 1.83 bits per heavy atom. The van der Waals surface area contributed by atoms with E-state index >= 15 is 0 Å². The van der Waals surface area contributed by atoms with Crippen molar-refractivity contribution in [2.45, 2.75) is 20.8 Å². The van der Waals surface area contributed by atoms with E-state index in [9.17, 15) is 9.59 Å². The molecule has 0 aliphatic heterocycles. The number of nitrogens with one attached hydrogen (secondary N) is 2. The Morgan fingerprint density at radius 1 is 1.22 bits per heavy atom. The quantitative estimate of drug-likeness (QED) is 0.834. The van der Waals surface area contributed by atoms with Crippen LogP contribution < -0.4 is 10.6 Å². The fraction of sp³-hybridized carbons (Fsp3) is 0.500. The molecule has 0 unspecified atom stereocenters. The molecule has 0 aliphatic rings. The zero-order chi connectivity index (χ0) is 13.8. The number of amides is 2. The Morgan fingerprint density at radius 3 is 2.33 bits per heavy atom. The van der Waals surface area contributed by atoms with Crippen LogP contribution in [0.4, 0.5) is 0 Å². The molecule has 0 radical (unpaired) electrons.